The number of rotatable bonds is 4. The number of nitrogens with zero attached hydrogens (tertiary/aromatic N) is 3. The normalized spacial score (nSPS) is 10.7. The molecule has 0 unspecified atom stereocenters. The molecule has 0 aliphatic heterocycles. The molecule has 0 bridgehead atoms. The lowest BCUT2D eigenvalue weighted by Crippen LogP contribution is -1.91. The number of nitrogen functional groups attached to an aromatic ring is 1. The van der Waals surface area contributed by atoms with Gasteiger partial charge in [0.25, 0.3) is 5.89 Å². The lowest BCUT2D eigenvalue weighted by atomic mass is 10.2. The number of hydrogen-bond donors (Lipinski definition) is 1. The van der Waals surface area contributed by atoms with E-state index in [4.69, 9.17) is 10.3 Å². The zero-order chi connectivity index (χ0) is 14.7. The van der Waals surface area contributed by atoms with Crippen molar-refractivity contribution in [1.29, 1.82) is 0 Å². The van der Waals surface area contributed by atoms with Gasteiger partial charge >= 0.3 is 0 Å². The molecule has 0 fully saturated rings. The van der Waals surface area contributed by atoms with E-state index >= 15 is 0 Å². The fraction of sp³-hybridized carbons (Fsp3) is 0.133. The van der Waals surface area contributed by atoms with Gasteiger partial charge in [-0.25, -0.2) is 4.98 Å². The minimum absolute atomic E-state index is 0.365. The second-order valence-electron chi connectivity index (χ2n) is 4.33. The monoisotopic (exact) mass is 298 g/mol. The van der Waals surface area contributed by atoms with E-state index in [-0.39, 0.29) is 0 Å². The van der Waals surface area contributed by atoms with Crippen molar-refractivity contribution < 1.29 is 4.52 Å². The van der Waals surface area contributed by atoms with Crippen LogP contribution in [0.5, 0.6) is 0 Å². The summed E-state index contributed by atoms with van der Waals surface area (Å²) in [6.45, 7) is 2.13. The van der Waals surface area contributed by atoms with E-state index in [0.29, 0.717) is 23.2 Å². The molecule has 6 heteroatoms. The molecular formula is C15H14N4OS. The van der Waals surface area contributed by atoms with Crippen LogP contribution in [0.3, 0.4) is 0 Å². The summed E-state index contributed by atoms with van der Waals surface area (Å²) in [6.07, 6.45) is 0. The van der Waals surface area contributed by atoms with Crippen LogP contribution < -0.4 is 5.73 Å². The van der Waals surface area contributed by atoms with Crippen LogP contribution in [0.1, 0.15) is 6.92 Å². The van der Waals surface area contributed by atoms with Crippen molar-refractivity contribution in [3.63, 3.8) is 0 Å². The summed E-state index contributed by atoms with van der Waals surface area (Å²) in [4.78, 5) is 9.76. The van der Waals surface area contributed by atoms with E-state index in [0.717, 1.165) is 11.3 Å². The number of anilines is 1. The summed E-state index contributed by atoms with van der Waals surface area (Å²) in [5, 5.41) is 3.99. The number of aromatic nitrogens is 3. The predicted molar refractivity (Wildman–Crippen MR) is 83.8 cm³/mol. The molecule has 5 nitrogen and oxygen atoms in total. The van der Waals surface area contributed by atoms with E-state index in [1.165, 1.54) is 4.90 Å². The van der Waals surface area contributed by atoms with Gasteiger partial charge in [-0.15, -0.1) is 11.8 Å². The molecule has 21 heavy (non-hydrogen) atoms. The molecule has 2 heterocycles. The number of nitrogens with two attached hydrogens (primary N) is 1. The first kappa shape index (κ1) is 13.6. The van der Waals surface area contributed by atoms with Crippen LogP contribution in [0, 0.1) is 0 Å². The van der Waals surface area contributed by atoms with Gasteiger partial charge in [-0.3, -0.25) is 0 Å². The molecule has 0 amide bonds. The first-order valence-corrected chi connectivity index (χ1v) is 7.54. The largest absolute Gasteiger partial charge is 0.384 e. The van der Waals surface area contributed by atoms with Crippen LogP contribution in [0.25, 0.3) is 23.0 Å². The summed E-state index contributed by atoms with van der Waals surface area (Å²) in [7, 11) is 0. The van der Waals surface area contributed by atoms with Crippen LogP contribution in [-0.4, -0.2) is 20.9 Å². The maximum absolute atomic E-state index is 5.66. The maximum atomic E-state index is 5.66. The molecule has 3 aromatic rings. The minimum atomic E-state index is 0.365. The fourth-order valence-electron chi connectivity index (χ4n) is 1.88. The molecule has 0 aliphatic rings. The number of thioether (sulfide) groups is 1. The molecule has 0 spiro atoms. The second kappa shape index (κ2) is 5.97. The zero-order valence-corrected chi connectivity index (χ0v) is 12.3. The molecule has 3 rings (SSSR count). The Bertz CT molecular complexity index is 739. The van der Waals surface area contributed by atoms with Crippen molar-refractivity contribution >= 4 is 17.6 Å². The average molecular weight is 298 g/mol. The number of hydrogen-bond acceptors (Lipinski definition) is 6. The van der Waals surface area contributed by atoms with Gasteiger partial charge in [0.05, 0.1) is 0 Å². The predicted octanol–water partition coefficient (Wildman–Crippen LogP) is 3.49. The average Bonchev–Trinajstić information content (AvgIpc) is 2.98. The van der Waals surface area contributed by atoms with Crippen LogP contribution in [0.4, 0.5) is 5.82 Å². The van der Waals surface area contributed by atoms with Gasteiger partial charge in [0.1, 0.15) is 11.5 Å². The summed E-state index contributed by atoms with van der Waals surface area (Å²) < 4.78 is 5.25. The summed E-state index contributed by atoms with van der Waals surface area (Å²) in [5.41, 5.74) is 7.14. The number of benzene rings is 1. The Morgan fingerprint density at radius 2 is 1.90 bits per heavy atom. The lowest BCUT2D eigenvalue weighted by Gasteiger charge is -1.98. The van der Waals surface area contributed by atoms with Gasteiger partial charge in [-0.05, 0) is 42.2 Å². The van der Waals surface area contributed by atoms with Crippen molar-refractivity contribution in [2.24, 2.45) is 0 Å². The Morgan fingerprint density at radius 3 is 2.62 bits per heavy atom. The Hall–Kier alpha value is -2.34. The Kier molecular flexibility index (Phi) is 3.87. The highest BCUT2D eigenvalue weighted by atomic mass is 32.2. The molecule has 0 saturated carbocycles. The lowest BCUT2D eigenvalue weighted by molar-refractivity contribution is 0.431. The van der Waals surface area contributed by atoms with Gasteiger partial charge in [0.2, 0.25) is 5.82 Å². The molecule has 0 saturated heterocycles. The van der Waals surface area contributed by atoms with E-state index in [1.54, 1.807) is 30.0 Å². The standard InChI is InChI=1S/C15H14N4OS/c1-2-21-11-8-6-10(7-9-11)14-18-15(20-19-14)12-4-3-5-13(16)17-12/h3-9H,2H2,1H3,(H2,16,17). The maximum Gasteiger partial charge on any atom is 0.276 e. The van der Waals surface area contributed by atoms with Gasteiger partial charge < -0.3 is 10.3 Å². The van der Waals surface area contributed by atoms with E-state index in [2.05, 4.69) is 34.2 Å². The Balaban J connectivity index is 1.87. The molecule has 0 radical (unpaired) electrons. The van der Waals surface area contributed by atoms with Crippen molar-refractivity contribution in [3.8, 4) is 23.0 Å². The molecule has 2 N–H and O–H groups in total. The van der Waals surface area contributed by atoms with E-state index in [1.807, 2.05) is 12.1 Å². The van der Waals surface area contributed by atoms with Crippen LogP contribution in [0.2, 0.25) is 0 Å². The Morgan fingerprint density at radius 1 is 1.10 bits per heavy atom. The quantitative estimate of drug-likeness (QED) is 0.743. The SMILES string of the molecule is CCSc1ccc(-c2noc(-c3cccc(N)n3)n2)cc1. The molecule has 106 valence electrons. The van der Waals surface area contributed by atoms with Crippen molar-refractivity contribution in [2.45, 2.75) is 11.8 Å². The van der Waals surface area contributed by atoms with Gasteiger partial charge in [0, 0.05) is 10.5 Å². The highest BCUT2D eigenvalue weighted by Crippen LogP contribution is 2.24. The van der Waals surface area contributed by atoms with Crippen LogP contribution in [0.15, 0.2) is 51.9 Å². The van der Waals surface area contributed by atoms with Crippen LogP contribution in [-0.2, 0) is 0 Å². The third kappa shape index (κ3) is 3.05. The van der Waals surface area contributed by atoms with Crippen molar-refractivity contribution in [1.82, 2.24) is 15.1 Å². The molecule has 0 atom stereocenters. The van der Waals surface area contributed by atoms with Crippen molar-refractivity contribution in [3.05, 3.63) is 42.5 Å². The topological polar surface area (TPSA) is 77.8 Å². The third-order valence-corrected chi connectivity index (χ3v) is 3.73. The smallest absolute Gasteiger partial charge is 0.276 e. The van der Waals surface area contributed by atoms with Gasteiger partial charge in [-0.1, -0.05) is 18.1 Å². The highest BCUT2D eigenvalue weighted by Gasteiger charge is 2.11. The second-order valence-corrected chi connectivity index (χ2v) is 5.67. The first-order valence-electron chi connectivity index (χ1n) is 6.56. The number of pyridine rings is 1. The molecule has 1 aromatic carbocycles. The van der Waals surface area contributed by atoms with E-state index < -0.39 is 0 Å². The highest BCUT2D eigenvalue weighted by molar-refractivity contribution is 7.99. The summed E-state index contributed by atoms with van der Waals surface area (Å²) in [6, 6.07) is 13.4. The molecule has 0 aliphatic carbocycles. The van der Waals surface area contributed by atoms with E-state index in [9.17, 15) is 0 Å². The fourth-order valence-corrected chi connectivity index (χ4v) is 2.54. The molecular weight excluding hydrogens is 284 g/mol. The third-order valence-electron chi connectivity index (χ3n) is 2.84. The Labute approximate surface area is 126 Å². The van der Waals surface area contributed by atoms with Gasteiger partial charge in [-0.2, -0.15) is 4.98 Å². The summed E-state index contributed by atoms with van der Waals surface area (Å²) >= 11 is 1.79. The van der Waals surface area contributed by atoms with Crippen LogP contribution >= 0.6 is 11.8 Å². The zero-order valence-electron chi connectivity index (χ0n) is 11.5. The minimum Gasteiger partial charge on any atom is -0.384 e. The first-order chi connectivity index (χ1) is 10.3. The summed E-state index contributed by atoms with van der Waals surface area (Å²) in [5.74, 6) is 2.38. The van der Waals surface area contributed by atoms with Crippen molar-refractivity contribution in [2.75, 3.05) is 11.5 Å². The van der Waals surface area contributed by atoms with Gasteiger partial charge in [0.15, 0.2) is 0 Å². The molecule has 2 aromatic heterocycles.